The lowest BCUT2D eigenvalue weighted by atomic mass is 9.98. The van der Waals surface area contributed by atoms with Crippen LogP contribution in [0.4, 0.5) is 11.4 Å². The lowest BCUT2D eigenvalue weighted by Gasteiger charge is -2.33. The van der Waals surface area contributed by atoms with Crippen LogP contribution in [0.1, 0.15) is 52.3 Å². The highest BCUT2D eigenvalue weighted by Crippen LogP contribution is 2.31. The predicted octanol–water partition coefficient (Wildman–Crippen LogP) is 5.60. The number of likely N-dealkylation sites (tertiary alicyclic amines) is 1. The third kappa shape index (κ3) is 7.02. The molecule has 1 aromatic heterocycles. The van der Waals surface area contributed by atoms with Gasteiger partial charge in [-0.2, -0.15) is 0 Å². The minimum absolute atomic E-state index is 0.137. The average Bonchev–Trinajstić information content (AvgIpc) is 3.39. The van der Waals surface area contributed by atoms with Gasteiger partial charge in [-0.1, -0.05) is 18.2 Å². The Bertz CT molecular complexity index is 1230. The third-order valence-corrected chi connectivity index (χ3v) is 8.15. The quantitative estimate of drug-likeness (QED) is 0.353. The molecule has 0 aliphatic carbocycles. The van der Waals surface area contributed by atoms with E-state index in [1.165, 1.54) is 0 Å². The number of aryl methyl sites for hydroxylation is 2. The summed E-state index contributed by atoms with van der Waals surface area (Å²) in [5.41, 5.74) is 4.80. The number of nitrogens with one attached hydrogen (secondary N) is 2. The molecule has 4 rings (SSSR count). The van der Waals surface area contributed by atoms with Gasteiger partial charge in [-0.05, 0) is 81.2 Å². The number of thiocarbonyl (C=S) groups is 1. The van der Waals surface area contributed by atoms with E-state index in [1.807, 2.05) is 70.6 Å². The summed E-state index contributed by atoms with van der Waals surface area (Å²) in [6.07, 6.45) is 1.91. The SMILES string of the molecule is Cc1cccc(C)c1OCC(C)NC(=O)c1csc(C2CCN(C(=S)Nc3ccc(N(C)C)cc3)CC2)n1. The minimum Gasteiger partial charge on any atom is -0.491 e. The smallest absolute Gasteiger partial charge is 0.271 e. The molecule has 2 heterocycles. The van der Waals surface area contributed by atoms with Crippen molar-refractivity contribution in [3.8, 4) is 5.75 Å². The van der Waals surface area contributed by atoms with E-state index in [0.717, 1.165) is 64.3 Å². The highest BCUT2D eigenvalue weighted by Gasteiger charge is 2.25. The van der Waals surface area contributed by atoms with Gasteiger partial charge in [0.2, 0.25) is 0 Å². The number of benzene rings is 2. The number of piperidine rings is 1. The zero-order valence-electron chi connectivity index (χ0n) is 22.8. The van der Waals surface area contributed by atoms with Crippen molar-refractivity contribution in [3.63, 3.8) is 0 Å². The van der Waals surface area contributed by atoms with Gasteiger partial charge < -0.3 is 25.2 Å². The second-order valence-corrected chi connectivity index (χ2v) is 11.4. The molecule has 0 radical (unpaired) electrons. The molecule has 1 aliphatic rings. The van der Waals surface area contributed by atoms with Gasteiger partial charge >= 0.3 is 0 Å². The number of carbonyl (C=O) groups excluding carboxylic acids is 1. The molecule has 38 heavy (non-hydrogen) atoms. The first-order chi connectivity index (χ1) is 18.2. The Morgan fingerprint density at radius 1 is 1.16 bits per heavy atom. The van der Waals surface area contributed by atoms with Crippen LogP contribution < -0.4 is 20.3 Å². The summed E-state index contributed by atoms with van der Waals surface area (Å²) in [5.74, 6) is 1.06. The Morgan fingerprint density at radius 2 is 1.82 bits per heavy atom. The highest BCUT2D eigenvalue weighted by atomic mass is 32.1. The van der Waals surface area contributed by atoms with Crippen molar-refractivity contribution in [1.29, 1.82) is 0 Å². The lowest BCUT2D eigenvalue weighted by molar-refractivity contribution is 0.0922. The molecule has 2 N–H and O–H groups in total. The molecule has 1 atom stereocenters. The predicted molar refractivity (Wildman–Crippen MR) is 161 cm³/mol. The monoisotopic (exact) mass is 551 g/mol. The number of hydrogen-bond acceptors (Lipinski definition) is 6. The normalized spacial score (nSPS) is 14.6. The van der Waals surface area contributed by atoms with E-state index >= 15 is 0 Å². The molecule has 7 nitrogen and oxygen atoms in total. The van der Waals surface area contributed by atoms with Crippen LogP contribution in [0.3, 0.4) is 0 Å². The molecule has 9 heteroatoms. The van der Waals surface area contributed by atoms with Crippen molar-refractivity contribution in [2.24, 2.45) is 0 Å². The first kappa shape index (κ1) is 27.9. The number of anilines is 2. The van der Waals surface area contributed by atoms with E-state index in [2.05, 4.69) is 37.6 Å². The van der Waals surface area contributed by atoms with Crippen molar-refractivity contribution in [1.82, 2.24) is 15.2 Å². The van der Waals surface area contributed by atoms with Gasteiger partial charge in [0.15, 0.2) is 5.11 Å². The number of amides is 1. The zero-order valence-corrected chi connectivity index (χ0v) is 24.4. The molecule has 1 amide bonds. The number of para-hydroxylation sites is 1. The van der Waals surface area contributed by atoms with E-state index in [9.17, 15) is 4.79 Å². The van der Waals surface area contributed by atoms with E-state index in [0.29, 0.717) is 18.2 Å². The van der Waals surface area contributed by atoms with E-state index in [1.54, 1.807) is 11.3 Å². The van der Waals surface area contributed by atoms with Crippen LogP contribution in [0.2, 0.25) is 0 Å². The number of aromatic nitrogens is 1. The van der Waals surface area contributed by atoms with Gasteiger partial charge in [-0.25, -0.2) is 4.98 Å². The minimum atomic E-state index is -0.159. The Balaban J connectivity index is 1.24. The van der Waals surface area contributed by atoms with Gasteiger partial charge in [-0.3, -0.25) is 4.79 Å². The van der Waals surface area contributed by atoms with Gasteiger partial charge in [-0.15, -0.1) is 11.3 Å². The van der Waals surface area contributed by atoms with E-state index < -0.39 is 0 Å². The van der Waals surface area contributed by atoms with E-state index in [4.69, 9.17) is 17.0 Å². The average molecular weight is 552 g/mol. The molecular formula is C29H37N5O2S2. The van der Waals surface area contributed by atoms with Crippen LogP contribution in [0.15, 0.2) is 47.8 Å². The maximum absolute atomic E-state index is 12.8. The first-order valence-corrected chi connectivity index (χ1v) is 14.3. The number of hydrogen-bond donors (Lipinski definition) is 2. The molecule has 0 saturated carbocycles. The summed E-state index contributed by atoms with van der Waals surface area (Å²) in [6.45, 7) is 8.13. The number of nitrogens with zero attached hydrogens (tertiary/aromatic N) is 3. The standard InChI is InChI=1S/C29H37N5O2S2/c1-19-7-6-8-20(2)26(19)36-17-21(3)30-27(35)25-18-38-28(32-25)22-13-15-34(16-14-22)29(37)31-23-9-11-24(12-10-23)33(4)5/h6-12,18,21-22H,13-17H2,1-5H3,(H,30,35)(H,31,37). The summed E-state index contributed by atoms with van der Waals surface area (Å²) in [4.78, 5) is 21.8. The molecular weight excluding hydrogens is 514 g/mol. The highest BCUT2D eigenvalue weighted by molar-refractivity contribution is 7.80. The number of carbonyl (C=O) groups is 1. The lowest BCUT2D eigenvalue weighted by Crippen LogP contribution is -2.40. The topological polar surface area (TPSA) is 69.7 Å². The molecule has 202 valence electrons. The molecule has 2 aromatic carbocycles. The molecule has 1 unspecified atom stereocenters. The van der Waals surface area contributed by atoms with Crippen molar-refractivity contribution in [3.05, 3.63) is 69.7 Å². The van der Waals surface area contributed by atoms with Crippen LogP contribution in [-0.4, -0.2) is 60.7 Å². The Hall–Kier alpha value is -3.17. The molecule has 1 saturated heterocycles. The van der Waals surface area contributed by atoms with Crippen LogP contribution in [0.25, 0.3) is 0 Å². The fraction of sp³-hybridized carbons (Fsp3) is 0.414. The molecule has 1 fully saturated rings. The summed E-state index contributed by atoms with van der Waals surface area (Å²) < 4.78 is 5.99. The van der Waals surface area contributed by atoms with Crippen LogP contribution in [0, 0.1) is 13.8 Å². The van der Waals surface area contributed by atoms with Gasteiger partial charge in [0, 0.05) is 49.9 Å². The molecule has 0 spiro atoms. The van der Waals surface area contributed by atoms with Gasteiger partial charge in [0.25, 0.3) is 5.91 Å². The fourth-order valence-corrected chi connectivity index (χ4v) is 5.80. The van der Waals surface area contributed by atoms with Crippen molar-refractivity contribution < 1.29 is 9.53 Å². The van der Waals surface area contributed by atoms with Crippen LogP contribution >= 0.6 is 23.6 Å². The van der Waals surface area contributed by atoms with E-state index in [-0.39, 0.29) is 11.9 Å². The third-order valence-electron chi connectivity index (χ3n) is 6.78. The Kier molecular flexibility index (Phi) is 9.22. The number of ether oxygens (including phenoxy) is 1. The summed E-state index contributed by atoms with van der Waals surface area (Å²) >= 11 is 7.24. The van der Waals surface area contributed by atoms with Crippen LogP contribution in [0.5, 0.6) is 5.75 Å². The fourth-order valence-electron chi connectivity index (χ4n) is 4.53. The van der Waals surface area contributed by atoms with Crippen molar-refractivity contribution >= 4 is 45.9 Å². The molecule has 3 aromatic rings. The Morgan fingerprint density at radius 3 is 2.45 bits per heavy atom. The summed E-state index contributed by atoms with van der Waals surface area (Å²) in [5, 5.41) is 10.0. The zero-order chi connectivity index (χ0) is 27.2. The molecule has 0 bridgehead atoms. The van der Waals surface area contributed by atoms with Crippen molar-refractivity contribution in [2.75, 3.05) is 44.0 Å². The maximum Gasteiger partial charge on any atom is 0.271 e. The number of rotatable bonds is 8. The summed E-state index contributed by atoms with van der Waals surface area (Å²) in [6, 6.07) is 14.2. The first-order valence-electron chi connectivity index (χ1n) is 13.0. The van der Waals surface area contributed by atoms with Crippen LogP contribution in [-0.2, 0) is 0 Å². The van der Waals surface area contributed by atoms with Crippen molar-refractivity contribution in [2.45, 2.75) is 45.6 Å². The number of thiazole rings is 1. The molecule has 1 aliphatic heterocycles. The second-order valence-electron chi connectivity index (χ2n) is 10.1. The largest absolute Gasteiger partial charge is 0.491 e. The summed E-state index contributed by atoms with van der Waals surface area (Å²) in [7, 11) is 4.05. The maximum atomic E-state index is 12.8. The second kappa shape index (κ2) is 12.6. The Labute approximate surface area is 235 Å². The van der Waals surface area contributed by atoms with Gasteiger partial charge in [0.05, 0.1) is 11.0 Å². The van der Waals surface area contributed by atoms with Gasteiger partial charge in [0.1, 0.15) is 18.1 Å².